The lowest BCUT2D eigenvalue weighted by molar-refractivity contribution is -0.385. The number of thioether (sulfide) groups is 1. The summed E-state index contributed by atoms with van der Waals surface area (Å²) >= 11 is 0.617. The third-order valence-electron chi connectivity index (χ3n) is 5.07. The van der Waals surface area contributed by atoms with Gasteiger partial charge in [-0.25, -0.2) is 4.39 Å². The molecule has 0 N–H and O–H groups in total. The number of rotatable bonds is 6. The van der Waals surface area contributed by atoms with Gasteiger partial charge >= 0.3 is 11.9 Å². The molecule has 0 spiro atoms. The lowest BCUT2D eigenvalue weighted by Gasteiger charge is -2.13. The van der Waals surface area contributed by atoms with Crippen LogP contribution in [0.1, 0.15) is 16.7 Å². The highest BCUT2D eigenvalue weighted by molar-refractivity contribution is 8.18. The van der Waals surface area contributed by atoms with E-state index in [9.17, 15) is 37.3 Å². The van der Waals surface area contributed by atoms with Gasteiger partial charge in [-0.2, -0.15) is 13.2 Å². The monoisotopic (exact) mass is 518 g/mol. The molecule has 1 aliphatic rings. The number of hydrogen-bond acceptors (Lipinski definition) is 6. The van der Waals surface area contributed by atoms with Crippen LogP contribution in [-0.2, 0) is 17.5 Å². The van der Waals surface area contributed by atoms with Gasteiger partial charge in [0, 0.05) is 17.2 Å². The lowest BCUT2D eigenvalue weighted by Crippen LogP contribution is -2.27. The van der Waals surface area contributed by atoms with Crippen LogP contribution >= 0.6 is 11.8 Å². The van der Waals surface area contributed by atoms with Crippen LogP contribution in [0.2, 0.25) is 0 Å². The van der Waals surface area contributed by atoms with Crippen molar-refractivity contribution in [2.45, 2.75) is 12.7 Å². The molecular weight excluding hydrogens is 504 g/mol. The summed E-state index contributed by atoms with van der Waals surface area (Å²) in [4.78, 5) is 36.5. The first kappa shape index (κ1) is 24.9. The van der Waals surface area contributed by atoms with Crippen LogP contribution in [0.25, 0.3) is 6.08 Å². The first-order valence-corrected chi connectivity index (χ1v) is 11.0. The van der Waals surface area contributed by atoms with Gasteiger partial charge in [-0.3, -0.25) is 24.6 Å². The third-order valence-corrected chi connectivity index (χ3v) is 5.98. The molecule has 12 heteroatoms. The first-order chi connectivity index (χ1) is 17.0. The highest BCUT2D eigenvalue weighted by Crippen LogP contribution is 2.40. The van der Waals surface area contributed by atoms with E-state index in [2.05, 4.69) is 0 Å². The number of hydrogen-bond donors (Lipinski definition) is 0. The number of nitrogens with zero attached hydrogens (tertiary/aromatic N) is 2. The fourth-order valence-corrected chi connectivity index (χ4v) is 4.14. The maximum atomic E-state index is 14.0. The van der Waals surface area contributed by atoms with E-state index in [1.54, 1.807) is 12.1 Å². The summed E-state index contributed by atoms with van der Waals surface area (Å²) in [5, 5.41) is 10.8. The molecule has 0 atom stereocenters. The Morgan fingerprint density at radius 2 is 1.69 bits per heavy atom. The average Bonchev–Trinajstić information content (AvgIpc) is 3.08. The number of para-hydroxylation sites is 1. The molecule has 1 heterocycles. The largest absolute Gasteiger partial charge is 0.449 e. The molecule has 7 nitrogen and oxygen atoms in total. The summed E-state index contributed by atoms with van der Waals surface area (Å²) in [6.45, 7) is -0.273. The van der Waals surface area contributed by atoms with Gasteiger partial charge in [-0.15, -0.1) is 0 Å². The van der Waals surface area contributed by atoms with Crippen molar-refractivity contribution in [2.24, 2.45) is 0 Å². The minimum atomic E-state index is -4.78. The molecule has 36 heavy (non-hydrogen) atoms. The van der Waals surface area contributed by atoms with E-state index in [4.69, 9.17) is 4.74 Å². The predicted octanol–water partition coefficient (Wildman–Crippen LogP) is 6.78. The summed E-state index contributed by atoms with van der Waals surface area (Å²) in [5.74, 6) is -1.69. The van der Waals surface area contributed by atoms with Gasteiger partial charge in [0.05, 0.1) is 21.9 Å². The van der Waals surface area contributed by atoms with Crippen molar-refractivity contribution < 1.29 is 36.8 Å². The number of carbonyl (C=O) groups is 2. The Morgan fingerprint density at radius 3 is 2.39 bits per heavy atom. The maximum absolute atomic E-state index is 14.0. The minimum absolute atomic E-state index is 0.00117. The molecule has 1 fully saturated rings. The van der Waals surface area contributed by atoms with Gasteiger partial charge in [-0.05, 0) is 42.1 Å². The normalized spacial score (nSPS) is 15.0. The summed E-state index contributed by atoms with van der Waals surface area (Å²) < 4.78 is 58.5. The standard InChI is InChI=1S/C24H14F4N2O5S/c25-17-7-3-1-6-15(17)13-29-22(31)21(36-23(29)32)11-14-5-2-4-8-19(14)35-20-10-9-16(24(26,27)28)12-18(20)30(33)34/h1-12H,13H2/b21-11-. The SMILES string of the molecule is O=C1S/C(=C\c2ccccc2Oc2ccc(C(F)(F)F)cc2[N+](=O)[O-])C(=O)N1Cc1ccccc1F. The molecule has 4 rings (SSSR count). The molecule has 0 radical (unpaired) electrons. The highest BCUT2D eigenvalue weighted by Gasteiger charge is 2.36. The van der Waals surface area contributed by atoms with Crippen molar-refractivity contribution in [2.75, 3.05) is 0 Å². The van der Waals surface area contributed by atoms with Crippen LogP contribution in [0.3, 0.4) is 0 Å². The highest BCUT2D eigenvalue weighted by atomic mass is 32.2. The molecule has 0 aliphatic carbocycles. The summed E-state index contributed by atoms with van der Waals surface area (Å²) in [6, 6.07) is 13.5. The van der Waals surface area contributed by atoms with Crippen LogP contribution in [0.15, 0.2) is 71.6 Å². The van der Waals surface area contributed by atoms with E-state index < -0.39 is 45.1 Å². The lowest BCUT2D eigenvalue weighted by atomic mass is 10.1. The maximum Gasteiger partial charge on any atom is 0.416 e. The van der Waals surface area contributed by atoms with Crippen LogP contribution in [0.5, 0.6) is 11.5 Å². The second-order valence-corrected chi connectivity index (χ2v) is 8.43. The summed E-state index contributed by atoms with van der Waals surface area (Å²) in [6.07, 6.45) is -3.47. The van der Waals surface area contributed by atoms with Gasteiger partial charge in [0.2, 0.25) is 5.75 Å². The van der Waals surface area contributed by atoms with E-state index in [1.165, 1.54) is 42.5 Å². The van der Waals surface area contributed by atoms with Gasteiger partial charge in [-0.1, -0.05) is 36.4 Å². The van der Waals surface area contributed by atoms with Crippen LogP contribution in [-0.4, -0.2) is 21.0 Å². The Morgan fingerprint density at radius 1 is 1.00 bits per heavy atom. The number of alkyl halides is 3. The number of benzene rings is 3. The van der Waals surface area contributed by atoms with Crippen molar-refractivity contribution in [1.29, 1.82) is 0 Å². The molecule has 0 bridgehead atoms. The summed E-state index contributed by atoms with van der Waals surface area (Å²) in [7, 11) is 0. The number of nitro benzene ring substituents is 1. The zero-order valence-electron chi connectivity index (χ0n) is 18.0. The second kappa shape index (κ2) is 9.82. The zero-order valence-corrected chi connectivity index (χ0v) is 18.8. The number of imide groups is 1. The van der Waals surface area contributed by atoms with Gasteiger partial charge in [0.25, 0.3) is 11.1 Å². The fourth-order valence-electron chi connectivity index (χ4n) is 3.31. The van der Waals surface area contributed by atoms with Crippen LogP contribution in [0.4, 0.5) is 28.0 Å². The van der Waals surface area contributed by atoms with E-state index in [0.29, 0.717) is 23.9 Å². The molecule has 2 amide bonds. The quantitative estimate of drug-likeness (QED) is 0.155. The smallest absolute Gasteiger partial charge is 0.416 e. The van der Waals surface area contributed by atoms with E-state index in [0.717, 1.165) is 11.0 Å². The zero-order chi connectivity index (χ0) is 26.0. The Hall–Kier alpha value is -4.19. The number of amides is 2. The number of ether oxygens (including phenoxy) is 1. The van der Waals surface area contributed by atoms with E-state index >= 15 is 0 Å². The Labute approximate surface area is 205 Å². The van der Waals surface area contributed by atoms with Crippen molar-refractivity contribution in [3.8, 4) is 11.5 Å². The van der Waals surface area contributed by atoms with Crippen molar-refractivity contribution in [3.05, 3.63) is 104 Å². The van der Waals surface area contributed by atoms with Gasteiger partial charge < -0.3 is 4.74 Å². The van der Waals surface area contributed by atoms with Crippen LogP contribution in [0, 0.1) is 15.9 Å². The third kappa shape index (κ3) is 5.23. The van der Waals surface area contributed by atoms with Crippen LogP contribution < -0.4 is 4.74 Å². The molecule has 1 aliphatic heterocycles. The van der Waals surface area contributed by atoms with Gasteiger partial charge in [0.1, 0.15) is 11.6 Å². The molecule has 3 aromatic rings. The predicted molar refractivity (Wildman–Crippen MR) is 123 cm³/mol. The Bertz CT molecular complexity index is 1410. The summed E-state index contributed by atoms with van der Waals surface area (Å²) in [5.41, 5.74) is -1.72. The molecule has 0 unspecified atom stereocenters. The molecule has 0 aromatic heterocycles. The van der Waals surface area contributed by atoms with E-state index in [1.807, 2.05) is 0 Å². The molecule has 0 saturated carbocycles. The molecule has 184 valence electrons. The average molecular weight is 518 g/mol. The molecule has 3 aromatic carbocycles. The van der Waals surface area contributed by atoms with Gasteiger partial charge in [0.15, 0.2) is 0 Å². The number of carbonyl (C=O) groups excluding carboxylic acids is 2. The first-order valence-electron chi connectivity index (χ1n) is 10.2. The molecule has 1 saturated heterocycles. The fraction of sp³-hybridized carbons (Fsp3) is 0.0833. The minimum Gasteiger partial charge on any atom is -0.449 e. The van der Waals surface area contributed by atoms with Crippen molar-refractivity contribution >= 4 is 34.7 Å². The Balaban J connectivity index is 1.63. The van der Waals surface area contributed by atoms with Crippen molar-refractivity contribution in [3.63, 3.8) is 0 Å². The number of halogens is 4. The Kier molecular flexibility index (Phi) is 6.80. The van der Waals surface area contributed by atoms with Crippen molar-refractivity contribution in [1.82, 2.24) is 4.90 Å². The number of nitro groups is 1. The molecular formula is C24H14F4N2O5S. The second-order valence-electron chi connectivity index (χ2n) is 7.44. The van der Waals surface area contributed by atoms with E-state index in [-0.39, 0.29) is 28.3 Å². The topological polar surface area (TPSA) is 89.7 Å².